The van der Waals surface area contributed by atoms with Gasteiger partial charge in [-0.3, -0.25) is 4.90 Å². The molecule has 1 aliphatic heterocycles. The molecule has 0 aromatic rings. The Morgan fingerprint density at radius 1 is 1.05 bits per heavy atom. The van der Waals surface area contributed by atoms with Crippen molar-refractivity contribution < 1.29 is 0 Å². The molecule has 1 rings (SSSR count). The second-order valence-corrected chi connectivity index (χ2v) is 7.31. The Kier molecular flexibility index (Phi) is 8.13. The third-order valence-corrected chi connectivity index (χ3v) is 5.46. The first-order chi connectivity index (χ1) is 9.52. The van der Waals surface area contributed by atoms with E-state index in [1.807, 2.05) is 0 Å². The monoisotopic (exact) mass is 282 g/mol. The minimum absolute atomic E-state index is 0.157. The van der Waals surface area contributed by atoms with Crippen molar-refractivity contribution in [1.82, 2.24) is 4.90 Å². The highest BCUT2D eigenvalue weighted by Gasteiger charge is 2.34. The van der Waals surface area contributed by atoms with Gasteiger partial charge < -0.3 is 5.73 Å². The summed E-state index contributed by atoms with van der Waals surface area (Å²) in [5.74, 6) is 0.816. The molecule has 0 amide bonds. The van der Waals surface area contributed by atoms with E-state index in [0.717, 1.165) is 5.92 Å². The molecule has 0 aliphatic carbocycles. The number of hydrogen-bond donors (Lipinski definition) is 1. The van der Waals surface area contributed by atoms with E-state index in [-0.39, 0.29) is 5.54 Å². The summed E-state index contributed by atoms with van der Waals surface area (Å²) in [6.07, 6.45) is 12.0. The maximum absolute atomic E-state index is 6.64. The number of hydrogen-bond acceptors (Lipinski definition) is 2. The fourth-order valence-corrected chi connectivity index (χ4v) is 3.51. The summed E-state index contributed by atoms with van der Waals surface area (Å²) in [6.45, 7) is 11.8. The molecule has 1 aliphatic rings. The molecule has 0 spiro atoms. The third kappa shape index (κ3) is 5.37. The summed E-state index contributed by atoms with van der Waals surface area (Å²) in [5.41, 5.74) is 6.80. The van der Waals surface area contributed by atoms with Gasteiger partial charge in [-0.2, -0.15) is 0 Å². The predicted molar refractivity (Wildman–Crippen MR) is 90.0 cm³/mol. The Morgan fingerprint density at radius 3 is 2.15 bits per heavy atom. The van der Waals surface area contributed by atoms with Crippen molar-refractivity contribution in [3.8, 4) is 0 Å². The largest absolute Gasteiger partial charge is 0.326 e. The second kappa shape index (κ2) is 9.04. The molecule has 20 heavy (non-hydrogen) atoms. The summed E-state index contributed by atoms with van der Waals surface area (Å²) in [4.78, 5) is 2.66. The molecular weight excluding hydrogens is 244 g/mol. The quantitative estimate of drug-likeness (QED) is 0.706. The van der Waals surface area contributed by atoms with Crippen molar-refractivity contribution in [3.05, 3.63) is 0 Å². The zero-order valence-corrected chi connectivity index (χ0v) is 14.5. The van der Waals surface area contributed by atoms with Gasteiger partial charge in [0.05, 0.1) is 0 Å². The minimum atomic E-state index is 0.157. The highest BCUT2D eigenvalue weighted by molar-refractivity contribution is 4.93. The van der Waals surface area contributed by atoms with Gasteiger partial charge in [0.15, 0.2) is 0 Å². The van der Waals surface area contributed by atoms with E-state index in [1.165, 1.54) is 70.9 Å². The Bertz CT molecular complexity index is 242. The molecule has 0 saturated carbocycles. The van der Waals surface area contributed by atoms with Crippen molar-refractivity contribution in [2.45, 2.75) is 97.1 Å². The van der Waals surface area contributed by atoms with Crippen LogP contribution in [0.1, 0.15) is 85.5 Å². The zero-order valence-electron chi connectivity index (χ0n) is 14.5. The van der Waals surface area contributed by atoms with E-state index in [2.05, 4.69) is 32.6 Å². The van der Waals surface area contributed by atoms with Crippen LogP contribution in [0.4, 0.5) is 0 Å². The van der Waals surface area contributed by atoms with E-state index in [9.17, 15) is 0 Å². The van der Waals surface area contributed by atoms with Crippen LogP contribution in [0, 0.1) is 5.92 Å². The maximum atomic E-state index is 6.64. The molecule has 1 saturated heterocycles. The molecule has 2 N–H and O–H groups in total. The first kappa shape index (κ1) is 18.0. The first-order valence-corrected chi connectivity index (χ1v) is 9.03. The number of rotatable bonds is 8. The lowest BCUT2D eigenvalue weighted by atomic mass is 9.83. The Labute approximate surface area is 127 Å². The molecule has 0 aromatic carbocycles. The molecule has 1 fully saturated rings. The SMILES string of the molecule is CCCCC(CC)CC(N)C(C)(C)N1CCCCCC1. The molecule has 2 heteroatoms. The van der Waals surface area contributed by atoms with Gasteiger partial charge in [0.25, 0.3) is 0 Å². The van der Waals surface area contributed by atoms with E-state index in [1.54, 1.807) is 0 Å². The van der Waals surface area contributed by atoms with Crippen molar-refractivity contribution in [2.24, 2.45) is 11.7 Å². The molecule has 2 nitrogen and oxygen atoms in total. The average Bonchev–Trinajstić information content (AvgIpc) is 2.72. The Hall–Kier alpha value is -0.0800. The highest BCUT2D eigenvalue weighted by atomic mass is 15.2. The normalized spacial score (nSPS) is 21.4. The predicted octanol–water partition coefficient (Wildman–Crippen LogP) is 4.57. The van der Waals surface area contributed by atoms with E-state index >= 15 is 0 Å². The van der Waals surface area contributed by atoms with Crippen molar-refractivity contribution in [1.29, 1.82) is 0 Å². The number of likely N-dealkylation sites (tertiary alicyclic amines) is 1. The lowest BCUT2D eigenvalue weighted by molar-refractivity contribution is 0.0870. The summed E-state index contributed by atoms with van der Waals surface area (Å²) in [6, 6.07) is 0.308. The van der Waals surface area contributed by atoms with Gasteiger partial charge in [0.1, 0.15) is 0 Å². The van der Waals surface area contributed by atoms with Gasteiger partial charge in [-0.15, -0.1) is 0 Å². The molecule has 2 unspecified atom stereocenters. The van der Waals surface area contributed by atoms with Gasteiger partial charge in [-0.05, 0) is 52.1 Å². The number of nitrogens with zero attached hydrogens (tertiary/aromatic N) is 1. The van der Waals surface area contributed by atoms with Gasteiger partial charge in [0.2, 0.25) is 0 Å². The highest BCUT2D eigenvalue weighted by Crippen LogP contribution is 2.28. The van der Waals surface area contributed by atoms with Crippen LogP contribution >= 0.6 is 0 Å². The molecule has 120 valence electrons. The van der Waals surface area contributed by atoms with E-state index in [4.69, 9.17) is 5.73 Å². The van der Waals surface area contributed by atoms with Crippen molar-refractivity contribution in [2.75, 3.05) is 13.1 Å². The summed E-state index contributed by atoms with van der Waals surface area (Å²) in [5, 5.41) is 0. The smallest absolute Gasteiger partial charge is 0.0304 e. The van der Waals surface area contributed by atoms with Crippen LogP contribution in [0.2, 0.25) is 0 Å². The van der Waals surface area contributed by atoms with Crippen LogP contribution in [-0.2, 0) is 0 Å². The van der Waals surface area contributed by atoms with Gasteiger partial charge in [0, 0.05) is 11.6 Å². The second-order valence-electron chi connectivity index (χ2n) is 7.31. The fourth-order valence-electron chi connectivity index (χ4n) is 3.51. The number of nitrogens with two attached hydrogens (primary N) is 1. The van der Waals surface area contributed by atoms with E-state index < -0.39 is 0 Å². The van der Waals surface area contributed by atoms with Gasteiger partial charge in [-0.1, -0.05) is 52.4 Å². The molecule has 2 atom stereocenters. The van der Waals surface area contributed by atoms with Gasteiger partial charge >= 0.3 is 0 Å². The summed E-state index contributed by atoms with van der Waals surface area (Å²) >= 11 is 0. The van der Waals surface area contributed by atoms with Crippen LogP contribution in [0.5, 0.6) is 0 Å². The fraction of sp³-hybridized carbons (Fsp3) is 1.00. The molecular formula is C18H38N2. The number of unbranched alkanes of at least 4 members (excludes halogenated alkanes) is 1. The maximum Gasteiger partial charge on any atom is 0.0304 e. The van der Waals surface area contributed by atoms with Crippen LogP contribution in [-0.4, -0.2) is 29.6 Å². The Balaban J connectivity index is 2.54. The van der Waals surface area contributed by atoms with Crippen LogP contribution in [0.3, 0.4) is 0 Å². The standard InChI is InChI=1S/C18H38N2/c1-5-7-12-16(6-2)15-17(19)18(3,4)20-13-10-8-9-11-14-20/h16-17H,5-15,19H2,1-4H3. The lowest BCUT2D eigenvalue weighted by Crippen LogP contribution is -2.56. The van der Waals surface area contributed by atoms with Gasteiger partial charge in [-0.25, -0.2) is 0 Å². The summed E-state index contributed by atoms with van der Waals surface area (Å²) in [7, 11) is 0. The molecule has 0 bridgehead atoms. The first-order valence-electron chi connectivity index (χ1n) is 9.03. The van der Waals surface area contributed by atoms with Crippen molar-refractivity contribution in [3.63, 3.8) is 0 Å². The molecule has 0 radical (unpaired) electrons. The van der Waals surface area contributed by atoms with Crippen LogP contribution < -0.4 is 5.73 Å². The van der Waals surface area contributed by atoms with E-state index in [0.29, 0.717) is 6.04 Å². The zero-order chi connectivity index (χ0) is 15.0. The topological polar surface area (TPSA) is 29.3 Å². The van der Waals surface area contributed by atoms with Crippen molar-refractivity contribution >= 4 is 0 Å². The third-order valence-electron chi connectivity index (χ3n) is 5.46. The molecule has 1 heterocycles. The minimum Gasteiger partial charge on any atom is -0.326 e. The van der Waals surface area contributed by atoms with Crippen LogP contribution in [0.15, 0.2) is 0 Å². The Morgan fingerprint density at radius 2 is 1.65 bits per heavy atom. The average molecular weight is 283 g/mol. The summed E-state index contributed by atoms with van der Waals surface area (Å²) < 4.78 is 0. The molecule has 0 aromatic heterocycles. The van der Waals surface area contributed by atoms with Crippen LogP contribution in [0.25, 0.3) is 0 Å². The lowest BCUT2D eigenvalue weighted by Gasteiger charge is -2.43.